The normalized spacial score (nSPS) is 9.70. The molecule has 0 amide bonds. The number of rotatable bonds is 2. The molecule has 4 nitrogen and oxygen atoms in total. The molecule has 1 aromatic rings. The number of aliphatic hydroxyl groups is 1. The summed E-state index contributed by atoms with van der Waals surface area (Å²) in [4.78, 5) is 7.52. The Hall–Kier alpha value is -1.16. The third-order valence-electron chi connectivity index (χ3n) is 1.20. The van der Waals surface area contributed by atoms with Crippen LogP contribution in [0.3, 0.4) is 0 Å². The molecule has 0 spiro atoms. The molecule has 0 aliphatic heterocycles. The molecule has 1 rings (SSSR count). The first-order valence-electron chi connectivity index (χ1n) is 3.00. The van der Waals surface area contributed by atoms with E-state index in [1.165, 1.54) is 6.33 Å². The molecular weight excluding hydrogens is 130 g/mol. The Morgan fingerprint density at radius 2 is 2.40 bits per heavy atom. The first-order valence-corrected chi connectivity index (χ1v) is 3.00. The second kappa shape index (κ2) is 3.12. The van der Waals surface area contributed by atoms with Crippen LogP contribution in [0, 0.1) is 0 Å². The summed E-state index contributed by atoms with van der Waals surface area (Å²) in [5.41, 5.74) is 6.24. The van der Waals surface area contributed by atoms with Crippen LogP contribution in [0.5, 0.6) is 0 Å². The lowest BCUT2D eigenvalue weighted by molar-refractivity contribution is 0.299. The van der Waals surface area contributed by atoms with Gasteiger partial charge in [-0.1, -0.05) is 0 Å². The number of nitrogens with two attached hydrogens (primary N) is 1. The van der Waals surface area contributed by atoms with Crippen molar-refractivity contribution >= 4 is 5.82 Å². The maximum Gasteiger partial charge on any atom is 0.130 e. The van der Waals surface area contributed by atoms with E-state index in [1.54, 1.807) is 6.20 Å². The first-order chi connectivity index (χ1) is 4.84. The van der Waals surface area contributed by atoms with Crippen LogP contribution in [0.2, 0.25) is 0 Å². The fourth-order valence-electron chi connectivity index (χ4n) is 0.681. The molecule has 0 aliphatic rings. The summed E-state index contributed by atoms with van der Waals surface area (Å²) in [5.74, 6) is 0.448. The zero-order valence-corrected chi connectivity index (χ0v) is 5.49. The summed E-state index contributed by atoms with van der Waals surface area (Å²) in [6, 6.07) is 0. The van der Waals surface area contributed by atoms with Crippen molar-refractivity contribution < 1.29 is 5.11 Å². The minimum atomic E-state index is 0.0809. The van der Waals surface area contributed by atoms with Gasteiger partial charge in [-0.15, -0.1) is 0 Å². The predicted octanol–water partition coefficient (Wildman–Crippen LogP) is -0.406. The van der Waals surface area contributed by atoms with Crippen molar-refractivity contribution in [1.29, 1.82) is 0 Å². The number of nitrogen functional groups attached to an aromatic ring is 1. The standard InChI is InChI=1S/C6H9N3O/c7-6-5(1-2-10)3-8-4-9-6/h3-4,10H,1-2H2,(H2,7,8,9). The minimum Gasteiger partial charge on any atom is -0.396 e. The molecule has 0 atom stereocenters. The highest BCUT2D eigenvalue weighted by Gasteiger charge is 1.96. The largest absolute Gasteiger partial charge is 0.396 e. The van der Waals surface area contributed by atoms with E-state index in [9.17, 15) is 0 Å². The third-order valence-corrected chi connectivity index (χ3v) is 1.20. The molecule has 4 heteroatoms. The molecule has 1 heterocycles. The van der Waals surface area contributed by atoms with Crippen LogP contribution in [-0.4, -0.2) is 21.7 Å². The van der Waals surface area contributed by atoms with Gasteiger partial charge in [0.25, 0.3) is 0 Å². The summed E-state index contributed by atoms with van der Waals surface area (Å²) < 4.78 is 0. The van der Waals surface area contributed by atoms with E-state index in [0.717, 1.165) is 5.56 Å². The van der Waals surface area contributed by atoms with Crippen LogP contribution in [0.25, 0.3) is 0 Å². The summed E-state index contributed by atoms with van der Waals surface area (Å²) in [6.07, 6.45) is 3.52. The number of hydrogen-bond donors (Lipinski definition) is 2. The Labute approximate surface area is 58.7 Å². The Bertz CT molecular complexity index is 214. The number of nitrogens with zero attached hydrogens (tertiary/aromatic N) is 2. The lowest BCUT2D eigenvalue weighted by Crippen LogP contribution is -2.00. The van der Waals surface area contributed by atoms with E-state index < -0.39 is 0 Å². The fourth-order valence-corrected chi connectivity index (χ4v) is 0.681. The van der Waals surface area contributed by atoms with E-state index >= 15 is 0 Å². The average Bonchev–Trinajstić information content (AvgIpc) is 1.94. The molecule has 0 saturated carbocycles. The number of hydrogen-bond acceptors (Lipinski definition) is 4. The monoisotopic (exact) mass is 139 g/mol. The Balaban J connectivity index is 2.81. The highest BCUT2D eigenvalue weighted by Crippen LogP contribution is 2.04. The van der Waals surface area contributed by atoms with E-state index in [2.05, 4.69) is 9.97 Å². The van der Waals surface area contributed by atoms with Crippen molar-refractivity contribution in [2.24, 2.45) is 0 Å². The van der Waals surface area contributed by atoms with Gasteiger partial charge in [-0.2, -0.15) is 0 Å². The summed E-state index contributed by atoms with van der Waals surface area (Å²) in [5, 5.41) is 8.53. The van der Waals surface area contributed by atoms with E-state index in [4.69, 9.17) is 10.8 Å². The zero-order valence-electron chi connectivity index (χ0n) is 5.49. The molecule has 0 aliphatic carbocycles. The van der Waals surface area contributed by atoms with Crippen LogP contribution in [0.4, 0.5) is 5.82 Å². The second-order valence-corrected chi connectivity index (χ2v) is 1.91. The van der Waals surface area contributed by atoms with Crippen molar-refractivity contribution in [1.82, 2.24) is 9.97 Å². The highest BCUT2D eigenvalue weighted by atomic mass is 16.2. The van der Waals surface area contributed by atoms with E-state index in [0.29, 0.717) is 12.2 Å². The lowest BCUT2D eigenvalue weighted by Gasteiger charge is -1.98. The number of anilines is 1. The topological polar surface area (TPSA) is 72.0 Å². The molecule has 54 valence electrons. The van der Waals surface area contributed by atoms with Crippen LogP contribution in [0.1, 0.15) is 5.56 Å². The zero-order chi connectivity index (χ0) is 7.40. The molecule has 0 fully saturated rings. The first kappa shape index (κ1) is 6.95. The maximum atomic E-state index is 8.53. The van der Waals surface area contributed by atoms with Gasteiger partial charge in [-0.05, 0) is 0 Å². The fraction of sp³-hybridized carbons (Fsp3) is 0.333. The van der Waals surface area contributed by atoms with Crippen LogP contribution in [-0.2, 0) is 6.42 Å². The molecule has 10 heavy (non-hydrogen) atoms. The minimum absolute atomic E-state index is 0.0809. The molecule has 1 aromatic heterocycles. The Morgan fingerprint density at radius 1 is 1.60 bits per heavy atom. The predicted molar refractivity (Wildman–Crippen MR) is 37.2 cm³/mol. The molecule has 0 aromatic carbocycles. The Kier molecular flexibility index (Phi) is 2.17. The van der Waals surface area contributed by atoms with Crippen LogP contribution in [0.15, 0.2) is 12.5 Å². The summed E-state index contributed by atoms with van der Waals surface area (Å²) >= 11 is 0. The molecule has 3 N–H and O–H groups in total. The van der Waals surface area contributed by atoms with Gasteiger partial charge in [0.1, 0.15) is 12.1 Å². The summed E-state index contributed by atoms with van der Waals surface area (Å²) in [7, 11) is 0. The van der Waals surface area contributed by atoms with Crippen molar-refractivity contribution in [2.45, 2.75) is 6.42 Å². The Morgan fingerprint density at radius 3 is 3.00 bits per heavy atom. The highest BCUT2D eigenvalue weighted by molar-refractivity contribution is 5.36. The van der Waals surface area contributed by atoms with Crippen molar-refractivity contribution in [3.8, 4) is 0 Å². The van der Waals surface area contributed by atoms with Crippen LogP contribution >= 0.6 is 0 Å². The third kappa shape index (κ3) is 1.41. The van der Waals surface area contributed by atoms with Gasteiger partial charge >= 0.3 is 0 Å². The molecule has 0 saturated heterocycles. The van der Waals surface area contributed by atoms with Gasteiger partial charge in [0.15, 0.2) is 0 Å². The summed E-state index contributed by atoms with van der Waals surface area (Å²) in [6.45, 7) is 0.0809. The van der Waals surface area contributed by atoms with E-state index in [-0.39, 0.29) is 6.61 Å². The van der Waals surface area contributed by atoms with Crippen molar-refractivity contribution in [3.63, 3.8) is 0 Å². The van der Waals surface area contributed by atoms with Gasteiger partial charge in [0.2, 0.25) is 0 Å². The van der Waals surface area contributed by atoms with Gasteiger partial charge in [-0.25, -0.2) is 9.97 Å². The van der Waals surface area contributed by atoms with Crippen molar-refractivity contribution in [3.05, 3.63) is 18.1 Å². The maximum absolute atomic E-state index is 8.53. The molecular formula is C6H9N3O. The average molecular weight is 139 g/mol. The smallest absolute Gasteiger partial charge is 0.130 e. The molecule has 0 bridgehead atoms. The van der Waals surface area contributed by atoms with Gasteiger partial charge < -0.3 is 10.8 Å². The number of aliphatic hydroxyl groups excluding tert-OH is 1. The van der Waals surface area contributed by atoms with Gasteiger partial charge in [0.05, 0.1) is 0 Å². The molecule has 0 unspecified atom stereocenters. The second-order valence-electron chi connectivity index (χ2n) is 1.91. The quantitative estimate of drug-likeness (QED) is 0.584. The lowest BCUT2D eigenvalue weighted by atomic mass is 10.2. The van der Waals surface area contributed by atoms with Crippen LogP contribution < -0.4 is 5.73 Å². The SMILES string of the molecule is Nc1ncncc1CCO. The van der Waals surface area contributed by atoms with Gasteiger partial charge in [-0.3, -0.25) is 0 Å². The molecule has 0 radical (unpaired) electrons. The number of aromatic nitrogens is 2. The van der Waals surface area contributed by atoms with Crippen molar-refractivity contribution in [2.75, 3.05) is 12.3 Å². The van der Waals surface area contributed by atoms with Gasteiger partial charge in [0, 0.05) is 24.8 Å². The van der Waals surface area contributed by atoms with E-state index in [1.807, 2.05) is 0 Å².